The molecule has 2 unspecified atom stereocenters. The normalized spacial score (nSPS) is 27.2. The second-order valence-electron chi connectivity index (χ2n) is 5.11. The van der Waals surface area contributed by atoms with Crippen LogP contribution < -0.4 is 10.1 Å². The Kier molecular flexibility index (Phi) is 3.96. The number of morpholine rings is 1. The number of ether oxygens (including phenoxy) is 2. The highest BCUT2D eigenvalue weighted by atomic mass is 16.5. The van der Waals surface area contributed by atoms with Crippen LogP contribution in [0.25, 0.3) is 0 Å². The number of piperazine rings is 1. The average molecular weight is 263 g/mol. The van der Waals surface area contributed by atoms with Gasteiger partial charge in [-0.1, -0.05) is 6.07 Å². The zero-order valence-electron chi connectivity index (χ0n) is 11.3. The van der Waals surface area contributed by atoms with E-state index in [2.05, 4.69) is 21.3 Å². The van der Waals surface area contributed by atoms with Crippen molar-refractivity contribution in [1.82, 2.24) is 15.2 Å². The summed E-state index contributed by atoms with van der Waals surface area (Å²) in [7, 11) is 0. The number of nitrogens with zero attached hydrogens (tertiary/aromatic N) is 2. The number of aromatic nitrogens is 1. The Morgan fingerprint density at radius 2 is 2.16 bits per heavy atom. The van der Waals surface area contributed by atoms with Crippen LogP contribution in [0.1, 0.15) is 12.5 Å². The first kappa shape index (κ1) is 12.8. The van der Waals surface area contributed by atoms with E-state index in [9.17, 15) is 0 Å². The van der Waals surface area contributed by atoms with Crippen LogP contribution in [-0.4, -0.2) is 54.9 Å². The summed E-state index contributed by atoms with van der Waals surface area (Å²) in [4.78, 5) is 6.87. The Balaban J connectivity index is 1.66. The largest absolute Gasteiger partial charge is 0.478 e. The lowest BCUT2D eigenvalue weighted by Gasteiger charge is -2.46. The molecule has 5 heteroatoms. The van der Waals surface area contributed by atoms with Gasteiger partial charge in [0, 0.05) is 44.0 Å². The molecule has 0 spiro atoms. The second-order valence-corrected chi connectivity index (χ2v) is 5.11. The zero-order chi connectivity index (χ0) is 13.1. The Morgan fingerprint density at radius 1 is 1.37 bits per heavy atom. The molecule has 2 saturated heterocycles. The number of fused-ring (bicyclic) bond motifs is 2. The van der Waals surface area contributed by atoms with Crippen molar-refractivity contribution in [1.29, 1.82) is 0 Å². The molecule has 0 radical (unpaired) electrons. The summed E-state index contributed by atoms with van der Waals surface area (Å²) in [5.74, 6) is 0.704. The number of nitrogens with one attached hydrogen (secondary N) is 1. The summed E-state index contributed by atoms with van der Waals surface area (Å²) in [6.07, 6.45) is 1.92. The Labute approximate surface area is 113 Å². The van der Waals surface area contributed by atoms with Crippen molar-refractivity contribution in [3.63, 3.8) is 0 Å². The van der Waals surface area contributed by atoms with Crippen LogP contribution in [0.5, 0.6) is 5.88 Å². The minimum atomic E-state index is 0.485. The lowest BCUT2D eigenvalue weighted by molar-refractivity contribution is -0.0689. The molecular weight excluding hydrogens is 242 g/mol. The van der Waals surface area contributed by atoms with Gasteiger partial charge in [-0.05, 0) is 12.5 Å². The average Bonchev–Trinajstić information content (AvgIpc) is 2.41. The molecule has 0 amide bonds. The summed E-state index contributed by atoms with van der Waals surface area (Å²) >= 11 is 0. The first-order chi connectivity index (χ1) is 9.36. The molecule has 3 rings (SSSR count). The van der Waals surface area contributed by atoms with Crippen LogP contribution in [-0.2, 0) is 11.3 Å². The minimum absolute atomic E-state index is 0.485. The van der Waals surface area contributed by atoms with E-state index < -0.39 is 0 Å². The van der Waals surface area contributed by atoms with Crippen LogP contribution in [0.4, 0.5) is 0 Å². The molecule has 2 aliphatic rings. The minimum Gasteiger partial charge on any atom is -0.478 e. The van der Waals surface area contributed by atoms with Gasteiger partial charge in [0.05, 0.1) is 19.8 Å². The predicted octanol–water partition coefficient (Wildman–Crippen LogP) is 0.653. The number of pyridine rings is 1. The van der Waals surface area contributed by atoms with E-state index in [-0.39, 0.29) is 0 Å². The molecule has 2 aliphatic heterocycles. The molecular formula is C14H21N3O2. The van der Waals surface area contributed by atoms with E-state index in [0.29, 0.717) is 24.6 Å². The standard InChI is InChI=1S/C14H21N3O2/c1-2-19-14-4-3-11(5-16-14)8-17-12-6-15-7-13(17)10-18-9-12/h3-5,12-13,15H,2,6-10H2,1H3. The molecule has 2 bridgehead atoms. The van der Waals surface area contributed by atoms with Gasteiger partial charge in [-0.15, -0.1) is 0 Å². The van der Waals surface area contributed by atoms with Gasteiger partial charge in [0.25, 0.3) is 0 Å². The van der Waals surface area contributed by atoms with Crippen molar-refractivity contribution >= 4 is 0 Å². The SMILES string of the molecule is CCOc1ccc(CN2C3CNCC2COC3)cn1. The summed E-state index contributed by atoms with van der Waals surface area (Å²) in [6, 6.07) is 5.03. The molecule has 0 aliphatic carbocycles. The zero-order valence-corrected chi connectivity index (χ0v) is 11.3. The van der Waals surface area contributed by atoms with Crippen LogP contribution in [0.2, 0.25) is 0 Å². The lowest BCUT2D eigenvalue weighted by atomic mass is 10.1. The van der Waals surface area contributed by atoms with Gasteiger partial charge in [-0.3, -0.25) is 4.90 Å². The summed E-state index contributed by atoms with van der Waals surface area (Å²) in [6.45, 7) is 7.26. The number of rotatable bonds is 4. The van der Waals surface area contributed by atoms with E-state index >= 15 is 0 Å². The maximum Gasteiger partial charge on any atom is 0.213 e. The maximum absolute atomic E-state index is 5.64. The fourth-order valence-electron chi connectivity index (χ4n) is 2.81. The van der Waals surface area contributed by atoms with Gasteiger partial charge in [-0.25, -0.2) is 4.98 Å². The van der Waals surface area contributed by atoms with Crippen LogP contribution in [0, 0.1) is 0 Å². The monoisotopic (exact) mass is 263 g/mol. The third-order valence-corrected chi connectivity index (χ3v) is 3.77. The van der Waals surface area contributed by atoms with Gasteiger partial charge in [0.15, 0.2) is 0 Å². The van der Waals surface area contributed by atoms with E-state index in [1.807, 2.05) is 19.2 Å². The van der Waals surface area contributed by atoms with E-state index in [1.54, 1.807) is 0 Å². The Bertz CT molecular complexity index is 388. The molecule has 5 nitrogen and oxygen atoms in total. The van der Waals surface area contributed by atoms with Crippen molar-refractivity contribution in [2.45, 2.75) is 25.6 Å². The van der Waals surface area contributed by atoms with Crippen LogP contribution in [0.15, 0.2) is 18.3 Å². The maximum atomic E-state index is 5.64. The molecule has 1 aromatic rings. The van der Waals surface area contributed by atoms with E-state index in [4.69, 9.17) is 9.47 Å². The summed E-state index contributed by atoms with van der Waals surface area (Å²) in [5.41, 5.74) is 1.24. The van der Waals surface area contributed by atoms with Crippen molar-refractivity contribution in [2.75, 3.05) is 32.9 Å². The number of hydrogen-bond acceptors (Lipinski definition) is 5. The first-order valence-electron chi connectivity index (χ1n) is 6.98. The first-order valence-corrected chi connectivity index (χ1v) is 6.98. The number of hydrogen-bond donors (Lipinski definition) is 1. The molecule has 0 aromatic carbocycles. The third-order valence-electron chi connectivity index (χ3n) is 3.77. The quantitative estimate of drug-likeness (QED) is 0.864. The highest BCUT2D eigenvalue weighted by Gasteiger charge is 2.34. The van der Waals surface area contributed by atoms with Gasteiger partial charge in [-0.2, -0.15) is 0 Å². The van der Waals surface area contributed by atoms with Crippen LogP contribution in [0.3, 0.4) is 0 Å². The lowest BCUT2D eigenvalue weighted by Crippen LogP contribution is -2.63. The van der Waals surface area contributed by atoms with Gasteiger partial charge < -0.3 is 14.8 Å². The highest BCUT2D eigenvalue weighted by molar-refractivity contribution is 5.18. The smallest absolute Gasteiger partial charge is 0.213 e. The molecule has 2 atom stereocenters. The molecule has 19 heavy (non-hydrogen) atoms. The second kappa shape index (κ2) is 5.86. The summed E-state index contributed by atoms with van der Waals surface area (Å²) < 4.78 is 11.0. The fraction of sp³-hybridized carbons (Fsp3) is 0.643. The third kappa shape index (κ3) is 2.88. The molecule has 104 valence electrons. The molecule has 1 N–H and O–H groups in total. The van der Waals surface area contributed by atoms with Crippen LogP contribution >= 0.6 is 0 Å². The molecule has 2 fully saturated rings. The highest BCUT2D eigenvalue weighted by Crippen LogP contribution is 2.20. The topological polar surface area (TPSA) is 46.6 Å². The molecule has 0 saturated carbocycles. The van der Waals surface area contributed by atoms with E-state index in [1.165, 1.54) is 5.56 Å². The van der Waals surface area contributed by atoms with Gasteiger partial charge in [0.2, 0.25) is 5.88 Å². The predicted molar refractivity (Wildman–Crippen MR) is 72.2 cm³/mol. The van der Waals surface area contributed by atoms with Crippen molar-refractivity contribution in [3.8, 4) is 5.88 Å². The van der Waals surface area contributed by atoms with Crippen molar-refractivity contribution < 1.29 is 9.47 Å². The van der Waals surface area contributed by atoms with Crippen molar-refractivity contribution in [3.05, 3.63) is 23.9 Å². The van der Waals surface area contributed by atoms with Crippen molar-refractivity contribution in [2.24, 2.45) is 0 Å². The molecule has 3 heterocycles. The Morgan fingerprint density at radius 3 is 2.79 bits per heavy atom. The summed E-state index contributed by atoms with van der Waals surface area (Å²) in [5, 5.41) is 3.47. The van der Waals surface area contributed by atoms with E-state index in [0.717, 1.165) is 32.8 Å². The Hall–Kier alpha value is -1.17. The fourth-order valence-corrected chi connectivity index (χ4v) is 2.81. The van der Waals surface area contributed by atoms with Gasteiger partial charge >= 0.3 is 0 Å². The molecule has 1 aromatic heterocycles. The van der Waals surface area contributed by atoms with Gasteiger partial charge in [0.1, 0.15) is 0 Å².